The molecule has 7 nitrogen and oxygen atoms in total. The Labute approximate surface area is 118 Å². The number of hydrogen-bond donors (Lipinski definition) is 2. The summed E-state index contributed by atoms with van der Waals surface area (Å²) in [6.45, 7) is 0. The smallest absolute Gasteiger partial charge is 0.259 e. The van der Waals surface area contributed by atoms with Gasteiger partial charge < -0.3 is 5.32 Å². The van der Waals surface area contributed by atoms with Gasteiger partial charge in [0.05, 0.1) is 5.56 Å². The third-order valence-corrected chi connectivity index (χ3v) is 3.31. The molecule has 100 valence electrons. The van der Waals surface area contributed by atoms with Crippen molar-refractivity contribution in [1.29, 1.82) is 0 Å². The van der Waals surface area contributed by atoms with Crippen molar-refractivity contribution in [3.05, 3.63) is 36.0 Å². The molecule has 1 aromatic carbocycles. The molecule has 8 heteroatoms. The van der Waals surface area contributed by atoms with Crippen molar-refractivity contribution in [3.8, 4) is 0 Å². The van der Waals surface area contributed by atoms with Gasteiger partial charge in [-0.3, -0.25) is 10.1 Å². The molecule has 2 aromatic heterocycles. The number of rotatable bonds is 3. The van der Waals surface area contributed by atoms with E-state index in [1.54, 1.807) is 7.05 Å². The molecule has 3 aromatic rings. The highest BCUT2D eigenvalue weighted by molar-refractivity contribution is 7.09. The number of nitrogens with one attached hydrogen (secondary N) is 2. The van der Waals surface area contributed by atoms with Crippen molar-refractivity contribution in [2.45, 2.75) is 0 Å². The fourth-order valence-electron chi connectivity index (χ4n) is 1.92. The zero-order valence-electron chi connectivity index (χ0n) is 10.5. The molecule has 2 N–H and O–H groups in total. The van der Waals surface area contributed by atoms with Crippen LogP contribution in [0.5, 0.6) is 0 Å². The lowest BCUT2D eigenvalue weighted by atomic mass is 10.1. The van der Waals surface area contributed by atoms with Gasteiger partial charge in [0, 0.05) is 30.2 Å². The first kappa shape index (κ1) is 12.4. The molecule has 0 saturated heterocycles. The molecular formula is C12H10N6OS. The second-order valence-corrected chi connectivity index (χ2v) is 4.67. The molecule has 0 aliphatic heterocycles. The maximum atomic E-state index is 12.3. The van der Waals surface area contributed by atoms with Crippen LogP contribution in [0.4, 0.5) is 10.9 Å². The zero-order valence-corrected chi connectivity index (χ0v) is 11.3. The fourth-order valence-corrected chi connectivity index (χ4v) is 2.28. The molecule has 0 saturated carbocycles. The van der Waals surface area contributed by atoms with E-state index in [2.05, 4.69) is 30.4 Å². The van der Waals surface area contributed by atoms with Gasteiger partial charge in [-0.05, 0) is 10.6 Å². The number of anilines is 2. The molecule has 0 aliphatic carbocycles. The summed E-state index contributed by atoms with van der Waals surface area (Å²) in [5.74, 6) is 0.449. The SMILES string of the molecule is CNc1ncc(C(=O)Nc2nnns2)c2ccccc12. The summed E-state index contributed by atoms with van der Waals surface area (Å²) < 4.78 is 3.60. The highest BCUT2D eigenvalue weighted by atomic mass is 32.1. The monoisotopic (exact) mass is 286 g/mol. The largest absolute Gasteiger partial charge is 0.373 e. The van der Waals surface area contributed by atoms with Crippen LogP contribution in [-0.2, 0) is 0 Å². The summed E-state index contributed by atoms with van der Waals surface area (Å²) in [4.78, 5) is 16.5. The zero-order chi connectivity index (χ0) is 13.9. The van der Waals surface area contributed by atoms with Crippen LogP contribution in [0, 0.1) is 0 Å². The van der Waals surface area contributed by atoms with Crippen molar-refractivity contribution < 1.29 is 4.79 Å². The summed E-state index contributed by atoms with van der Waals surface area (Å²) in [6.07, 6.45) is 1.54. The van der Waals surface area contributed by atoms with Crippen LogP contribution in [0.2, 0.25) is 0 Å². The number of benzene rings is 1. The second kappa shape index (κ2) is 5.17. The van der Waals surface area contributed by atoms with Gasteiger partial charge in [0.2, 0.25) is 5.13 Å². The first-order valence-corrected chi connectivity index (χ1v) is 6.59. The van der Waals surface area contributed by atoms with E-state index < -0.39 is 0 Å². The van der Waals surface area contributed by atoms with E-state index in [1.807, 2.05) is 24.3 Å². The van der Waals surface area contributed by atoms with Crippen LogP contribution in [0.1, 0.15) is 10.4 Å². The summed E-state index contributed by atoms with van der Waals surface area (Å²) in [5.41, 5.74) is 0.481. The van der Waals surface area contributed by atoms with E-state index in [9.17, 15) is 4.79 Å². The lowest BCUT2D eigenvalue weighted by Gasteiger charge is -2.09. The lowest BCUT2D eigenvalue weighted by Crippen LogP contribution is -2.13. The number of carbonyl (C=O) groups excluding carboxylic acids is 1. The Morgan fingerprint density at radius 2 is 2.05 bits per heavy atom. The summed E-state index contributed by atoms with van der Waals surface area (Å²) in [5, 5.41) is 14.9. The Morgan fingerprint density at radius 1 is 1.25 bits per heavy atom. The van der Waals surface area contributed by atoms with Crippen molar-refractivity contribution in [3.63, 3.8) is 0 Å². The minimum Gasteiger partial charge on any atom is -0.373 e. The van der Waals surface area contributed by atoms with E-state index in [-0.39, 0.29) is 5.91 Å². The van der Waals surface area contributed by atoms with Crippen molar-refractivity contribution in [2.24, 2.45) is 0 Å². The molecular weight excluding hydrogens is 276 g/mol. The molecule has 0 atom stereocenters. The highest BCUT2D eigenvalue weighted by Crippen LogP contribution is 2.24. The average molecular weight is 286 g/mol. The average Bonchev–Trinajstić information content (AvgIpc) is 2.99. The van der Waals surface area contributed by atoms with Gasteiger partial charge in [-0.2, -0.15) is 0 Å². The summed E-state index contributed by atoms with van der Waals surface area (Å²) in [6, 6.07) is 7.58. The Bertz CT molecular complexity index is 758. The molecule has 3 rings (SSSR count). The van der Waals surface area contributed by atoms with E-state index in [0.29, 0.717) is 10.7 Å². The van der Waals surface area contributed by atoms with Gasteiger partial charge in [0.25, 0.3) is 5.91 Å². The number of fused-ring (bicyclic) bond motifs is 1. The molecule has 20 heavy (non-hydrogen) atoms. The third-order valence-electron chi connectivity index (χ3n) is 2.80. The van der Waals surface area contributed by atoms with Crippen LogP contribution in [0.15, 0.2) is 30.5 Å². The number of nitrogens with zero attached hydrogens (tertiary/aromatic N) is 4. The third kappa shape index (κ3) is 2.16. The van der Waals surface area contributed by atoms with Gasteiger partial charge in [-0.15, -0.1) is 0 Å². The van der Waals surface area contributed by atoms with Crippen molar-refractivity contribution in [1.82, 2.24) is 19.8 Å². The van der Waals surface area contributed by atoms with Gasteiger partial charge in [-0.1, -0.05) is 33.9 Å². The minimum absolute atomic E-state index is 0.282. The van der Waals surface area contributed by atoms with Crippen LogP contribution < -0.4 is 10.6 Å². The normalized spacial score (nSPS) is 10.4. The van der Waals surface area contributed by atoms with Gasteiger partial charge >= 0.3 is 0 Å². The summed E-state index contributed by atoms with van der Waals surface area (Å²) >= 11 is 1.02. The predicted molar refractivity (Wildman–Crippen MR) is 76.9 cm³/mol. The highest BCUT2D eigenvalue weighted by Gasteiger charge is 2.14. The topological polar surface area (TPSA) is 92.7 Å². The Balaban J connectivity index is 2.05. The number of amides is 1. The van der Waals surface area contributed by atoms with E-state index >= 15 is 0 Å². The van der Waals surface area contributed by atoms with E-state index in [0.717, 1.165) is 28.1 Å². The van der Waals surface area contributed by atoms with E-state index in [1.165, 1.54) is 6.20 Å². The van der Waals surface area contributed by atoms with Gasteiger partial charge in [0.1, 0.15) is 5.82 Å². The predicted octanol–water partition coefficient (Wildman–Crippen LogP) is 1.78. The van der Waals surface area contributed by atoms with Crippen LogP contribution in [0.25, 0.3) is 10.8 Å². The van der Waals surface area contributed by atoms with Crippen LogP contribution >= 0.6 is 11.5 Å². The number of carbonyl (C=O) groups is 1. The molecule has 0 fully saturated rings. The maximum Gasteiger partial charge on any atom is 0.259 e. The molecule has 0 unspecified atom stereocenters. The second-order valence-electron chi connectivity index (χ2n) is 3.94. The van der Waals surface area contributed by atoms with Crippen LogP contribution in [0.3, 0.4) is 0 Å². The molecule has 0 radical (unpaired) electrons. The van der Waals surface area contributed by atoms with Gasteiger partial charge in [0.15, 0.2) is 0 Å². The molecule has 1 amide bonds. The van der Waals surface area contributed by atoms with Crippen molar-refractivity contribution >= 4 is 39.2 Å². The lowest BCUT2D eigenvalue weighted by molar-refractivity contribution is 0.102. The summed E-state index contributed by atoms with van der Waals surface area (Å²) in [7, 11) is 1.79. The van der Waals surface area contributed by atoms with Crippen LogP contribution in [-0.4, -0.2) is 32.7 Å². The Morgan fingerprint density at radius 3 is 2.75 bits per heavy atom. The Hall–Kier alpha value is -2.61. The first-order chi connectivity index (χ1) is 9.79. The molecule has 0 spiro atoms. The maximum absolute atomic E-state index is 12.3. The van der Waals surface area contributed by atoms with E-state index in [4.69, 9.17) is 0 Å². The standard InChI is InChI=1S/C12H10N6OS/c1-13-10-8-5-3-2-4-7(8)9(6-14-10)11(19)15-12-16-17-18-20-12/h2-6H,1H3,(H,13,14)(H,15,16,18,19). The quantitative estimate of drug-likeness (QED) is 0.762. The Kier molecular flexibility index (Phi) is 3.21. The van der Waals surface area contributed by atoms with Crippen molar-refractivity contribution in [2.75, 3.05) is 17.7 Å². The fraction of sp³-hybridized carbons (Fsp3) is 0.0833. The minimum atomic E-state index is -0.282. The van der Waals surface area contributed by atoms with Gasteiger partial charge in [-0.25, -0.2) is 4.98 Å². The first-order valence-electron chi connectivity index (χ1n) is 5.81. The molecule has 2 heterocycles. The molecule has 0 aliphatic rings. The molecule has 0 bridgehead atoms. The number of aromatic nitrogens is 4. The number of hydrogen-bond acceptors (Lipinski definition) is 7. The number of pyridine rings is 1.